The summed E-state index contributed by atoms with van der Waals surface area (Å²) in [7, 11) is 0. The van der Waals surface area contributed by atoms with Crippen LogP contribution < -0.4 is 5.11 Å². The van der Waals surface area contributed by atoms with Gasteiger partial charge in [0.1, 0.15) is 5.82 Å². The molecule has 1 aromatic carbocycles. The van der Waals surface area contributed by atoms with Gasteiger partial charge in [-0.2, -0.15) is 0 Å². The van der Waals surface area contributed by atoms with Crippen LogP contribution in [0, 0.1) is 0 Å². The lowest BCUT2D eigenvalue weighted by Gasteiger charge is -2.06. The standard InChI is InChI=1S/C17H15N5O2S/c1-2-21-13-7-6-11(16(23)24)9-12(13)18-15(21)10-25-17-20-19-14-5-3-4-8-22(14)17/h3-9H,2,10H2,1H3,(H,23,24)/p-1. The van der Waals surface area contributed by atoms with Gasteiger partial charge in [0, 0.05) is 12.7 Å². The molecule has 0 fully saturated rings. The van der Waals surface area contributed by atoms with E-state index in [9.17, 15) is 9.90 Å². The topological polar surface area (TPSA) is 88.1 Å². The molecule has 0 saturated heterocycles. The van der Waals surface area contributed by atoms with Crippen molar-refractivity contribution in [3.8, 4) is 0 Å². The quantitative estimate of drug-likeness (QED) is 0.509. The maximum absolute atomic E-state index is 11.0. The van der Waals surface area contributed by atoms with Crippen LogP contribution in [0.3, 0.4) is 0 Å². The molecule has 126 valence electrons. The largest absolute Gasteiger partial charge is 0.545 e. The van der Waals surface area contributed by atoms with Gasteiger partial charge in [-0.25, -0.2) is 4.98 Å². The molecule has 0 atom stereocenters. The molecule has 0 aliphatic rings. The van der Waals surface area contributed by atoms with Crippen LogP contribution in [0.15, 0.2) is 47.8 Å². The fourth-order valence-corrected chi connectivity index (χ4v) is 3.69. The van der Waals surface area contributed by atoms with Crippen LogP contribution >= 0.6 is 11.8 Å². The number of hydrogen-bond acceptors (Lipinski definition) is 6. The summed E-state index contributed by atoms with van der Waals surface area (Å²) in [5, 5.41) is 20.2. The highest BCUT2D eigenvalue weighted by atomic mass is 32.2. The summed E-state index contributed by atoms with van der Waals surface area (Å²) in [6.45, 7) is 2.78. The van der Waals surface area contributed by atoms with E-state index in [1.54, 1.807) is 30.0 Å². The Labute approximate surface area is 147 Å². The van der Waals surface area contributed by atoms with Gasteiger partial charge in [-0.15, -0.1) is 10.2 Å². The Bertz CT molecular complexity index is 1090. The van der Waals surface area contributed by atoms with Gasteiger partial charge in [-0.3, -0.25) is 4.40 Å². The Kier molecular flexibility index (Phi) is 3.89. The lowest BCUT2D eigenvalue weighted by molar-refractivity contribution is -0.255. The van der Waals surface area contributed by atoms with Crippen molar-refractivity contribution in [1.82, 2.24) is 24.1 Å². The monoisotopic (exact) mass is 352 g/mol. The molecular weight excluding hydrogens is 338 g/mol. The summed E-state index contributed by atoms with van der Waals surface area (Å²) in [6, 6.07) is 10.6. The first-order valence-electron chi connectivity index (χ1n) is 7.80. The summed E-state index contributed by atoms with van der Waals surface area (Å²) in [5.41, 5.74) is 2.50. The number of nitrogens with zero attached hydrogens (tertiary/aromatic N) is 5. The number of carbonyl (C=O) groups excluding carboxylic acids is 1. The number of carbonyl (C=O) groups is 1. The Balaban J connectivity index is 1.67. The number of pyridine rings is 1. The molecule has 0 N–H and O–H groups in total. The molecule has 25 heavy (non-hydrogen) atoms. The van der Waals surface area contributed by atoms with Crippen molar-refractivity contribution in [2.24, 2.45) is 0 Å². The highest BCUT2D eigenvalue weighted by molar-refractivity contribution is 7.98. The van der Waals surface area contributed by atoms with Crippen molar-refractivity contribution in [2.75, 3.05) is 0 Å². The van der Waals surface area contributed by atoms with Crippen LogP contribution in [0.1, 0.15) is 23.1 Å². The number of carboxylic acid groups (broad SMARTS) is 1. The number of fused-ring (bicyclic) bond motifs is 2. The van der Waals surface area contributed by atoms with Gasteiger partial charge in [0.05, 0.1) is 22.8 Å². The van der Waals surface area contributed by atoms with Gasteiger partial charge in [-0.1, -0.05) is 23.9 Å². The van der Waals surface area contributed by atoms with Crippen molar-refractivity contribution in [3.05, 3.63) is 54.0 Å². The smallest absolute Gasteiger partial charge is 0.196 e. The lowest BCUT2D eigenvalue weighted by atomic mass is 10.2. The number of imidazole rings is 1. The summed E-state index contributed by atoms with van der Waals surface area (Å²) in [6.07, 6.45) is 1.92. The van der Waals surface area contributed by atoms with Gasteiger partial charge < -0.3 is 14.5 Å². The van der Waals surface area contributed by atoms with E-state index in [1.807, 2.05) is 35.7 Å². The molecule has 3 heterocycles. The molecule has 4 rings (SSSR count). The molecule has 0 bridgehead atoms. The molecule has 0 saturated carbocycles. The molecule has 0 unspecified atom stereocenters. The number of rotatable bonds is 5. The van der Waals surface area contributed by atoms with E-state index in [2.05, 4.69) is 19.7 Å². The number of hydrogen-bond donors (Lipinski definition) is 0. The summed E-state index contributed by atoms with van der Waals surface area (Å²) in [4.78, 5) is 15.6. The third kappa shape index (κ3) is 2.74. The summed E-state index contributed by atoms with van der Waals surface area (Å²) < 4.78 is 4.00. The first-order chi connectivity index (χ1) is 12.2. The Morgan fingerprint density at radius 2 is 2.12 bits per heavy atom. The van der Waals surface area contributed by atoms with Crippen LogP contribution in [-0.4, -0.2) is 30.1 Å². The predicted octanol–water partition coefficient (Wildman–Crippen LogP) is 1.75. The number of aromatic nitrogens is 5. The normalized spacial score (nSPS) is 11.4. The van der Waals surface area contributed by atoms with E-state index < -0.39 is 5.97 Å². The van der Waals surface area contributed by atoms with E-state index >= 15 is 0 Å². The zero-order chi connectivity index (χ0) is 17.4. The summed E-state index contributed by atoms with van der Waals surface area (Å²) in [5.74, 6) is 0.281. The van der Waals surface area contributed by atoms with Gasteiger partial charge >= 0.3 is 0 Å². The number of aromatic carboxylic acids is 1. The molecular formula is C17H14N5O2S-. The van der Waals surface area contributed by atoms with Gasteiger partial charge in [0.2, 0.25) is 0 Å². The van der Waals surface area contributed by atoms with E-state index in [-0.39, 0.29) is 5.56 Å². The number of benzene rings is 1. The maximum Gasteiger partial charge on any atom is 0.196 e. The van der Waals surface area contributed by atoms with E-state index in [4.69, 9.17) is 0 Å². The number of aryl methyl sites for hydroxylation is 1. The van der Waals surface area contributed by atoms with E-state index in [1.165, 1.54) is 0 Å². The average molecular weight is 352 g/mol. The number of thioether (sulfide) groups is 1. The third-order valence-corrected chi connectivity index (χ3v) is 4.93. The summed E-state index contributed by atoms with van der Waals surface area (Å²) >= 11 is 1.54. The molecule has 0 radical (unpaired) electrons. The van der Waals surface area contributed by atoms with Crippen LogP contribution in [0.2, 0.25) is 0 Å². The maximum atomic E-state index is 11.0. The van der Waals surface area contributed by atoms with Crippen LogP contribution in [0.4, 0.5) is 0 Å². The highest BCUT2D eigenvalue weighted by Gasteiger charge is 2.13. The van der Waals surface area contributed by atoms with Crippen molar-refractivity contribution in [1.29, 1.82) is 0 Å². The third-order valence-electron chi connectivity index (χ3n) is 3.99. The lowest BCUT2D eigenvalue weighted by Crippen LogP contribution is -2.21. The fraction of sp³-hybridized carbons (Fsp3) is 0.176. The predicted molar refractivity (Wildman–Crippen MR) is 92.3 cm³/mol. The molecule has 8 heteroatoms. The molecule has 0 aliphatic carbocycles. The van der Waals surface area contributed by atoms with E-state index in [0.29, 0.717) is 11.3 Å². The van der Waals surface area contributed by atoms with Crippen molar-refractivity contribution in [3.63, 3.8) is 0 Å². The minimum absolute atomic E-state index is 0.135. The first kappa shape index (κ1) is 15.6. The average Bonchev–Trinajstić information content (AvgIpc) is 3.19. The Morgan fingerprint density at radius 3 is 2.92 bits per heavy atom. The highest BCUT2D eigenvalue weighted by Crippen LogP contribution is 2.25. The second kappa shape index (κ2) is 6.21. The molecule has 4 aromatic rings. The van der Waals surface area contributed by atoms with Crippen LogP contribution in [-0.2, 0) is 12.3 Å². The first-order valence-corrected chi connectivity index (χ1v) is 8.79. The van der Waals surface area contributed by atoms with Crippen molar-refractivity contribution >= 4 is 34.4 Å². The Hall–Kier alpha value is -2.87. The zero-order valence-electron chi connectivity index (χ0n) is 13.4. The van der Waals surface area contributed by atoms with Crippen LogP contribution in [0.25, 0.3) is 16.7 Å². The van der Waals surface area contributed by atoms with Gasteiger partial charge in [-0.05, 0) is 36.8 Å². The van der Waals surface area contributed by atoms with Gasteiger partial charge in [0.15, 0.2) is 10.8 Å². The van der Waals surface area contributed by atoms with E-state index in [0.717, 1.165) is 28.7 Å². The van der Waals surface area contributed by atoms with Crippen molar-refractivity contribution in [2.45, 2.75) is 24.4 Å². The zero-order valence-corrected chi connectivity index (χ0v) is 14.2. The van der Waals surface area contributed by atoms with Crippen molar-refractivity contribution < 1.29 is 9.90 Å². The molecule has 0 aliphatic heterocycles. The second-order valence-electron chi connectivity index (χ2n) is 5.46. The molecule has 3 aromatic heterocycles. The fourth-order valence-electron chi connectivity index (χ4n) is 2.82. The molecule has 0 spiro atoms. The molecule has 7 nitrogen and oxygen atoms in total. The SMILES string of the molecule is CCn1c(CSc2nnc3ccccn23)nc2cc(C(=O)[O-])ccc21. The minimum Gasteiger partial charge on any atom is -0.545 e. The van der Waals surface area contributed by atoms with Gasteiger partial charge in [0.25, 0.3) is 0 Å². The Morgan fingerprint density at radius 1 is 1.24 bits per heavy atom. The van der Waals surface area contributed by atoms with Crippen LogP contribution in [0.5, 0.6) is 0 Å². The second-order valence-corrected chi connectivity index (χ2v) is 6.41. The number of carboxylic acids is 1. The molecule has 0 amide bonds. The minimum atomic E-state index is -1.20.